The Labute approximate surface area is 103 Å². The van der Waals surface area contributed by atoms with Crippen molar-refractivity contribution in [1.29, 1.82) is 0 Å². The first-order chi connectivity index (χ1) is 7.88. The van der Waals surface area contributed by atoms with Crippen molar-refractivity contribution in [2.75, 3.05) is 5.88 Å². The van der Waals surface area contributed by atoms with Gasteiger partial charge in [-0.3, -0.25) is 0 Å². The lowest BCUT2D eigenvalue weighted by molar-refractivity contribution is 0.395. The maximum Gasteiger partial charge on any atom is 0.234 e. The van der Waals surface area contributed by atoms with E-state index in [-0.39, 0.29) is 0 Å². The Hall–Kier alpha value is -0.680. The molecule has 0 radical (unpaired) electrons. The Kier molecular flexibility index (Phi) is 2.81. The van der Waals surface area contributed by atoms with Gasteiger partial charge in [-0.1, -0.05) is 17.8 Å². The molecule has 0 atom stereocenters. The van der Waals surface area contributed by atoms with Gasteiger partial charge in [0, 0.05) is 18.2 Å². The smallest absolute Gasteiger partial charge is 0.187 e. The molecule has 4 nitrogen and oxygen atoms in total. The number of hydrogen-bond donors (Lipinski definition) is 0. The molecule has 0 N–H and O–H groups in total. The van der Waals surface area contributed by atoms with E-state index in [2.05, 4.69) is 15.3 Å². The molecule has 86 valence electrons. The molecule has 2 heterocycles. The molecule has 0 saturated heterocycles. The predicted molar refractivity (Wildman–Crippen MR) is 64.3 cm³/mol. The molecule has 3 rings (SSSR count). The van der Waals surface area contributed by atoms with Crippen LogP contribution in [-0.4, -0.2) is 25.7 Å². The second-order valence-corrected chi connectivity index (χ2v) is 5.59. The zero-order valence-electron chi connectivity index (χ0n) is 8.90. The Bertz CT molecular complexity index is 488. The summed E-state index contributed by atoms with van der Waals surface area (Å²) in [6.07, 6.45) is 5.69. The molecule has 0 aromatic carbocycles. The molecule has 6 heteroatoms. The SMILES string of the molecule is ClCCCc1nn2c(C3CCC3)nnc2s1. The average Bonchev–Trinajstić information content (AvgIpc) is 2.74. The summed E-state index contributed by atoms with van der Waals surface area (Å²) >= 11 is 7.31. The molecular weight excluding hydrogens is 244 g/mol. The monoisotopic (exact) mass is 256 g/mol. The first-order valence-electron chi connectivity index (χ1n) is 5.65. The summed E-state index contributed by atoms with van der Waals surface area (Å²) in [6, 6.07) is 0. The van der Waals surface area contributed by atoms with Gasteiger partial charge in [0.25, 0.3) is 0 Å². The second kappa shape index (κ2) is 4.30. The molecule has 1 aliphatic rings. The van der Waals surface area contributed by atoms with Crippen LogP contribution in [0.3, 0.4) is 0 Å². The number of aryl methyl sites for hydroxylation is 1. The fourth-order valence-corrected chi connectivity index (χ4v) is 2.93. The van der Waals surface area contributed by atoms with Gasteiger partial charge in [-0.05, 0) is 19.3 Å². The lowest BCUT2D eigenvalue weighted by Crippen LogP contribution is -2.13. The van der Waals surface area contributed by atoms with Crippen molar-refractivity contribution in [3.05, 3.63) is 10.8 Å². The van der Waals surface area contributed by atoms with Gasteiger partial charge in [-0.15, -0.1) is 21.8 Å². The van der Waals surface area contributed by atoms with Crippen LogP contribution in [0.2, 0.25) is 0 Å². The van der Waals surface area contributed by atoms with Crippen LogP contribution in [0.4, 0.5) is 0 Å². The van der Waals surface area contributed by atoms with Crippen LogP contribution in [-0.2, 0) is 6.42 Å². The molecule has 2 aromatic rings. The zero-order valence-corrected chi connectivity index (χ0v) is 10.5. The summed E-state index contributed by atoms with van der Waals surface area (Å²) in [7, 11) is 0. The number of fused-ring (bicyclic) bond motifs is 1. The van der Waals surface area contributed by atoms with E-state index in [1.807, 2.05) is 4.52 Å². The van der Waals surface area contributed by atoms with Crippen molar-refractivity contribution in [1.82, 2.24) is 19.8 Å². The number of hydrogen-bond acceptors (Lipinski definition) is 4. The molecule has 0 amide bonds. The highest BCUT2D eigenvalue weighted by molar-refractivity contribution is 7.16. The third-order valence-electron chi connectivity index (χ3n) is 3.05. The molecule has 16 heavy (non-hydrogen) atoms. The topological polar surface area (TPSA) is 43.1 Å². The van der Waals surface area contributed by atoms with Gasteiger partial charge >= 0.3 is 0 Å². The van der Waals surface area contributed by atoms with Crippen molar-refractivity contribution < 1.29 is 0 Å². The Morgan fingerprint density at radius 2 is 2.25 bits per heavy atom. The number of aromatic nitrogens is 4. The first kappa shape index (κ1) is 10.5. The number of nitrogens with zero attached hydrogens (tertiary/aromatic N) is 4. The Morgan fingerprint density at radius 1 is 1.38 bits per heavy atom. The molecule has 1 saturated carbocycles. The van der Waals surface area contributed by atoms with Crippen LogP contribution in [0.1, 0.15) is 42.4 Å². The van der Waals surface area contributed by atoms with Gasteiger partial charge in [-0.25, -0.2) is 0 Å². The summed E-state index contributed by atoms with van der Waals surface area (Å²) in [4.78, 5) is 0.923. The van der Waals surface area contributed by atoms with E-state index in [9.17, 15) is 0 Å². The minimum Gasteiger partial charge on any atom is -0.187 e. The van der Waals surface area contributed by atoms with Crippen molar-refractivity contribution in [3.8, 4) is 0 Å². The highest BCUT2D eigenvalue weighted by atomic mass is 35.5. The number of halogens is 1. The highest BCUT2D eigenvalue weighted by Crippen LogP contribution is 2.35. The van der Waals surface area contributed by atoms with Crippen LogP contribution < -0.4 is 0 Å². The third-order valence-corrected chi connectivity index (χ3v) is 4.28. The Morgan fingerprint density at radius 3 is 2.94 bits per heavy atom. The average molecular weight is 257 g/mol. The van der Waals surface area contributed by atoms with Crippen LogP contribution in [0, 0.1) is 0 Å². The van der Waals surface area contributed by atoms with Crippen molar-refractivity contribution in [2.24, 2.45) is 0 Å². The van der Waals surface area contributed by atoms with Gasteiger partial charge in [0.2, 0.25) is 4.96 Å². The maximum absolute atomic E-state index is 5.68. The van der Waals surface area contributed by atoms with E-state index >= 15 is 0 Å². The largest absolute Gasteiger partial charge is 0.234 e. The van der Waals surface area contributed by atoms with E-state index in [4.69, 9.17) is 11.6 Å². The van der Waals surface area contributed by atoms with E-state index in [1.165, 1.54) is 19.3 Å². The third kappa shape index (κ3) is 1.72. The molecule has 2 aromatic heterocycles. The minimum atomic E-state index is 0.581. The predicted octanol–water partition coefficient (Wildman–Crippen LogP) is 2.62. The molecule has 0 aliphatic heterocycles. The lowest BCUT2D eigenvalue weighted by atomic mass is 9.85. The fourth-order valence-electron chi connectivity index (χ4n) is 1.91. The molecule has 1 fully saturated rings. The summed E-state index contributed by atoms with van der Waals surface area (Å²) in [6.45, 7) is 0. The standard InChI is InChI=1S/C10H13ClN4S/c11-6-2-5-8-14-15-9(7-3-1-4-7)12-13-10(15)16-8/h7H,1-6H2. The van der Waals surface area contributed by atoms with Crippen LogP contribution in [0.5, 0.6) is 0 Å². The quantitative estimate of drug-likeness (QED) is 0.790. The maximum atomic E-state index is 5.68. The van der Waals surface area contributed by atoms with Crippen LogP contribution >= 0.6 is 22.9 Å². The summed E-state index contributed by atoms with van der Waals surface area (Å²) in [5, 5.41) is 14.1. The second-order valence-electron chi connectivity index (χ2n) is 4.17. The summed E-state index contributed by atoms with van der Waals surface area (Å²) in [5.41, 5.74) is 0. The first-order valence-corrected chi connectivity index (χ1v) is 7.00. The molecular formula is C10H13ClN4S. The Balaban J connectivity index is 1.89. The number of rotatable bonds is 4. The van der Waals surface area contributed by atoms with Gasteiger partial charge < -0.3 is 0 Å². The van der Waals surface area contributed by atoms with E-state index < -0.39 is 0 Å². The molecule has 0 spiro atoms. The lowest BCUT2D eigenvalue weighted by Gasteiger charge is -2.22. The number of alkyl halides is 1. The van der Waals surface area contributed by atoms with Crippen LogP contribution in [0.25, 0.3) is 4.96 Å². The van der Waals surface area contributed by atoms with Crippen molar-refractivity contribution >= 4 is 27.9 Å². The normalized spacial score (nSPS) is 16.8. The van der Waals surface area contributed by atoms with Crippen LogP contribution in [0.15, 0.2) is 0 Å². The molecule has 0 bridgehead atoms. The van der Waals surface area contributed by atoms with E-state index in [0.717, 1.165) is 28.6 Å². The van der Waals surface area contributed by atoms with Gasteiger partial charge in [0.1, 0.15) is 5.01 Å². The summed E-state index contributed by atoms with van der Waals surface area (Å²) < 4.78 is 1.93. The fraction of sp³-hybridized carbons (Fsp3) is 0.700. The van der Waals surface area contributed by atoms with E-state index in [0.29, 0.717) is 11.8 Å². The minimum absolute atomic E-state index is 0.581. The van der Waals surface area contributed by atoms with Crippen molar-refractivity contribution in [3.63, 3.8) is 0 Å². The van der Waals surface area contributed by atoms with Gasteiger partial charge in [0.05, 0.1) is 0 Å². The zero-order chi connectivity index (χ0) is 11.0. The highest BCUT2D eigenvalue weighted by Gasteiger charge is 2.26. The van der Waals surface area contributed by atoms with Gasteiger partial charge in [0.15, 0.2) is 5.82 Å². The molecule has 0 unspecified atom stereocenters. The summed E-state index contributed by atoms with van der Waals surface area (Å²) in [5.74, 6) is 2.32. The van der Waals surface area contributed by atoms with Gasteiger partial charge in [-0.2, -0.15) is 9.61 Å². The van der Waals surface area contributed by atoms with Crippen molar-refractivity contribution in [2.45, 2.75) is 38.0 Å². The van der Waals surface area contributed by atoms with E-state index in [1.54, 1.807) is 11.3 Å². The molecule has 1 aliphatic carbocycles.